The van der Waals surface area contributed by atoms with Gasteiger partial charge in [0.1, 0.15) is 5.82 Å². The summed E-state index contributed by atoms with van der Waals surface area (Å²) in [6.45, 7) is 6.64. The van der Waals surface area contributed by atoms with Crippen LogP contribution in [0.1, 0.15) is 29.9 Å². The van der Waals surface area contributed by atoms with Crippen molar-refractivity contribution in [1.29, 1.82) is 0 Å². The largest absolute Gasteiger partial charge is 0.481 e. The Hall–Kier alpha value is -1.20. The highest BCUT2D eigenvalue weighted by Gasteiger charge is 2.38. The highest BCUT2D eigenvalue weighted by Crippen LogP contribution is 2.39. The van der Waals surface area contributed by atoms with Crippen molar-refractivity contribution in [2.24, 2.45) is 5.73 Å². The van der Waals surface area contributed by atoms with Gasteiger partial charge in [0.25, 0.3) is 0 Å². The quantitative estimate of drug-likeness (QED) is 0.883. The van der Waals surface area contributed by atoms with E-state index in [0.717, 1.165) is 43.0 Å². The van der Waals surface area contributed by atoms with Crippen molar-refractivity contribution in [3.8, 4) is 5.88 Å². The average molecular weight is 264 g/mol. The van der Waals surface area contributed by atoms with Gasteiger partial charge >= 0.3 is 0 Å². The molecule has 1 aliphatic rings. The van der Waals surface area contributed by atoms with Gasteiger partial charge in [-0.1, -0.05) is 0 Å². The Morgan fingerprint density at radius 2 is 1.89 bits per heavy atom. The van der Waals surface area contributed by atoms with E-state index in [-0.39, 0.29) is 5.41 Å². The third-order valence-electron chi connectivity index (χ3n) is 4.23. The van der Waals surface area contributed by atoms with E-state index in [0.29, 0.717) is 12.4 Å². The molecule has 1 fully saturated rings. The van der Waals surface area contributed by atoms with E-state index in [1.807, 2.05) is 13.8 Å². The molecule has 0 amide bonds. The molecule has 1 aliphatic heterocycles. The third-order valence-corrected chi connectivity index (χ3v) is 4.23. The minimum absolute atomic E-state index is 0.0460. The number of nitrogens with two attached hydrogens (primary N) is 1. The number of hydrogen-bond acceptors (Lipinski definition) is 5. The Kier molecular flexibility index (Phi) is 4.06. The van der Waals surface area contributed by atoms with Gasteiger partial charge in [-0.05, 0) is 46.8 Å². The molecule has 5 heteroatoms. The number of aryl methyl sites for hydroxylation is 2. The zero-order chi connectivity index (χ0) is 14.0. The number of nitrogens with zero attached hydrogens (tertiary/aromatic N) is 3. The molecule has 0 bridgehead atoms. The normalized spacial score (nSPS) is 19.4. The maximum Gasteiger partial charge on any atom is 0.220 e. The van der Waals surface area contributed by atoms with Gasteiger partial charge in [0.05, 0.1) is 7.11 Å². The van der Waals surface area contributed by atoms with Crippen LogP contribution in [0.3, 0.4) is 0 Å². The van der Waals surface area contributed by atoms with E-state index in [2.05, 4.69) is 21.9 Å². The van der Waals surface area contributed by atoms with Crippen LogP contribution in [0, 0.1) is 13.8 Å². The Labute approximate surface area is 115 Å². The first kappa shape index (κ1) is 14.2. The first-order valence-corrected chi connectivity index (χ1v) is 6.81. The number of methoxy groups -OCH3 is 1. The Bertz CT molecular complexity index is 453. The van der Waals surface area contributed by atoms with Crippen LogP contribution in [0.2, 0.25) is 0 Å². The van der Waals surface area contributed by atoms with Crippen LogP contribution in [-0.2, 0) is 5.41 Å². The van der Waals surface area contributed by atoms with Gasteiger partial charge in [0.15, 0.2) is 0 Å². The summed E-state index contributed by atoms with van der Waals surface area (Å²) in [6.07, 6.45) is 2.06. The minimum Gasteiger partial charge on any atom is -0.481 e. The van der Waals surface area contributed by atoms with Crippen LogP contribution in [0.5, 0.6) is 5.88 Å². The van der Waals surface area contributed by atoms with Crippen molar-refractivity contribution in [3.05, 3.63) is 17.1 Å². The summed E-state index contributed by atoms with van der Waals surface area (Å²) in [7, 11) is 3.82. The number of likely N-dealkylation sites (tertiary alicyclic amines) is 1. The van der Waals surface area contributed by atoms with Crippen molar-refractivity contribution in [3.63, 3.8) is 0 Å². The Morgan fingerprint density at radius 1 is 1.26 bits per heavy atom. The topological polar surface area (TPSA) is 64.3 Å². The molecule has 1 saturated heterocycles. The SMILES string of the molecule is COc1nc(C)nc(C)c1C1(CN)CCN(C)CC1. The minimum atomic E-state index is -0.0460. The van der Waals surface area contributed by atoms with E-state index >= 15 is 0 Å². The highest BCUT2D eigenvalue weighted by molar-refractivity contribution is 5.39. The van der Waals surface area contributed by atoms with E-state index < -0.39 is 0 Å². The lowest BCUT2D eigenvalue weighted by Crippen LogP contribution is -2.46. The molecular weight excluding hydrogens is 240 g/mol. The van der Waals surface area contributed by atoms with Crippen molar-refractivity contribution < 1.29 is 4.74 Å². The molecule has 1 aromatic rings. The molecule has 0 unspecified atom stereocenters. The molecule has 5 nitrogen and oxygen atoms in total. The second-order valence-electron chi connectivity index (χ2n) is 5.53. The van der Waals surface area contributed by atoms with Gasteiger partial charge in [-0.15, -0.1) is 0 Å². The van der Waals surface area contributed by atoms with Crippen molar-refractivity contribution in [2.45, 2.75) is 32.1 Å². The van der Waals surface area contributed by atoms with Crippen LogP contribution in [-0.4, -0.2) is 48.7 Å². The summed E-state index contributed by atoms with van der Waals surface area (Å²) in [5.41, 5.74) is 8.18. The first-order valence-electron chi connectivity index (χ1n) is 6.81. The molecular formula is C14H24N4O. The molecule has 0 saturated carbocycles. The van der Waals surface area contributed by atoms with Crippen molar-refractivity contribution in [2.75, 3.05) is 33.8 Å². The predicted molar refractivity (Wildman–Crippen MR) is 75.5 cm³/mol. The zero-order valence-corrected chi connectivity index (χ0v) is 12.4. The third kappa shape index (κ3) is 2.58. The van der Waals surface area contributed by atoms with Crippen LogP contribution >= 0.6 is 0 Å². The predicted octanol–water partition coefficient (Wildman–Crippen LogP) is 1.02. The summed E-state index contributed by atoms with van der Waals surface area (Å²) in [5, 5.41) is 0. The number of hydrogen-bond donors (Lipinski definition) is 1. The van der Waals surface area contributed by atoms with Gasteiger partial charge in [0.2, 0.25) is 5.88 Å². The molecule has 0 aliphatic carbocycles. The van der Waals surface area contributed by atoms with Gasteiger partial charge in [0, 0.05) is 23.2 Å². The lowest BCUT2D eigenvalue weighted by molar-refractivity contribution is 0.186. The van der Waals surface area contributed by atoms with E-state index in [1.54, 1.807) is 7.11 Å². The zero-order valence-electron chi connectivity index (χ0n) is 12.4. The average Bonchev–Trinajstić information content (AvgIpc) is 2.40. The summed E-state index contributed by atoms with van der Waals surface area (Å²) in [4.78, 5) is 11.3. The first-order chi connectivity index (χ1) is 9.02. The van der Waals surface area contributed by atoms with Gasteiger partial charge < -0.3 is 15.4 Å². The molecule has 2 N–H and O–H groups in total. The summed E-state index contributed by atoms with van der Waals surface area (Å²) < 4.78 is 5.49. The molecule has 19 heavy (non-hydrogen) atoms. The van der Waals surface area contributed by atoms with Gasteiger partial charge in [-0.3, -0.25) is 0 Å². The molecule has 0 atom stereocenters. The van der Waals surface area contributed by atoms with Gasteiger partial charge in [-0.2, -0.15) is 4.98 Å². The molecule has 2 heterocycles. The molecule has 0 spiro atoms. The second kappa shape index (κ2) is 5.43. The number of ether oxygens (including phenoxy) is 1. The maximum absolute atomic E-state index is 6.12. The van der Waals surface area contributed by atoms with Crippen molar-refractivity contribution in [1.82, 2.24) is 14.9 Å². The van der Waals surface area contributed by atoms with Crippen LogP contribution in [0.4, 0.5) is 0 Å². The fraction of sp³-hybridized carbons (Fsp3) is 0.714. The van der Waals surface area contributed by atoms with E-state index in [4.69, 9.17) is 10.5 Å². The summed E-state index contributed by atoms with van der Waals surface area (Å²) >= 11 is 0. The molecule has 106 valence electrons. The smallest absolute Gasteiger partial charge is 0.220 e. The molecule has 0 aromatic carbocycles. The number of rotatable bonds is 3. The monoisotopic (exact) mass is 264 g/mol. The highest BCUT2D eigenvalue weighted by atomic mass is 16.5. The van der Waals surface area contributed by atoms with Crippen molar-refractivity contribution >= 4 is 0 Å². The maximum atomic E-state index is 6.12. The molecule has 1 aromatic heterocycles. The lowest BCUT2D eigenvalue weighted by Gasteiger charge is -2.41. The van der Waals surface area contributed by atoms with Crippen LogP contribution in [0.25, 0.3) is 0 Å². The Balaban J connectivity index is 2.49. The van der Waals surface area contributed by atoms with Crippen LogP contribution < -0.4 is 10.5 Å². The molecule has 0 radical (unpaired) electrons. The van der Waals surface area contributed by atoms with E-state index in [9.17, 15) is 0 Å². The molecule has 2 rings (SSSR count). The van der Waals surface area contributed by atoms with E-state index in [1.165, 1.54) is 0 Å². The second-order valence-corrected chi connectivity index (χ2v) is 5.53. The fourth-order valence-corrected chi connectivity index (χ4v) is 3.04. The van der Waals surface area contributed by atoms with Crippen LogP contribution in [0.15, 0.2) is 0 Å². The summed E-state index contributed by atoms with van der Waals surface area (Å²) in [6, 6.07) is 0. The number of aromatic nitrogens is 2. The fourth-order valence-electron chi connectivity index (χ4n) is 3.04. The Morgan fingerprint density at radius 3 is 2.42 bits per heavy atom. The van der Waals surface area contributed by atoms with Gasteiger partial charge in [-0.25, -0.2) is 4.98 Å². The standard InChI is InChI=1S/C14H24N4O/c1-10-12(13(19-4)17-11(2)16-10)14(9-15)5-7-18(3)8-6-14/h5-9,15H2,1-4H3. The lowest BCUT2D eigenvalue weighted by atomic mass is 9.72. The summed E-state index contributed by atoms with van der Waals surface area (Å²) in [5.74, 6) is 1.44. The number of piperidine rings is 1.